The number of alkyl halides is 3. The average molecular weight is 400 g/mol. The molecule has 0 unspecified atom stereocenters. The molecule has 1 aromatic rings. The van der Waals surface area contributed by atoms with Crippen molar-refractivity contribution in [1.29, 1.82) is 0 Å². The number of aromatic nitrogens is 2. The van der Waals surface area contributed by atoms with Crippen LogP contribution in [-0.4, -0.2) is 45.3 Å². The summed E-state index contributed by atoms with van der Waals surface area (Å²) < 4.78 is 41.4. The molecule has 0 atom stereocenters. The standard InChI is InChI=1S/C20H28F3N3S/c21-20(22,23)18-10-17(26(24-18)16-2-1-3-16)14-4-6-15(7-5-14)25-9-8-19(11-25)12-27-13-19/h10,14-16H,1-9,11-13H2. The zero-order chi connectivity index (χ0) is 18.6. The van der Waals surface area contributed by atoms with E-state index in [0.717, 1.165) is 50.6 Å². The fourth-order valence-electron chi connectivity index (χ4n) is 5.42. The van der Waals surface area contributed by atoms with Crippen molar-refractivity contribution >= 4 is 11.8 Å². The van der Waals surface area contributed by atoms with E-state index < -0.39 is 11.9 Å². The molecule has 1 aromatic heterocycles. The Bertz CT molecular complexity index is 685. The second kappa shape index (κ2) is 6.68. The zero-order valence-corrected chi connectivity index (χ0v) is 16.5. The molecule has 2 saturated heterocycles. The fraction of sp³-hybridized carbons (Fsp3) is 0.850. The summed E-state index contributed by atoms with van der Waals surface area (Å²) in [5.74, 6) is 2.88. The van der Waals surface area contributed by atoms with Gasteiger partial charge in [0.25, 0.3) is 0 Å². The maximum absolute atomic E-state index is 13.2. The molecular weight excluding hydrogens is 371 g/mol. The Kier molecular flexibility index (Phi) is 4.54. The topological polar surface area (TPSA) is 21.1 Å². The molecule has 0 aromatic carbocycles. The number of likely N-dealkylation sites (tertiary alicyclic amines) is 1. The molecule has 150 valence electrons. The Morgan fingerprint density at radius 3 is 2.30 bits per heavy atom. The van der Waals surface area contributed by atoms with Crippen molar-refractivity contribution in [2.75, 3.05) is 24.6 Å². The van der Waals surface area contributed by atoms with Crippen LogP contribution in [0.5, 0.6) is 0 Å². The van der Waals surface area contributed by atoms with E-state index in [1.165, 1.54) is 37.1 Å². The Morgan fingerprint density at radius 1 is 1.04 bits per heavy atom. The van der Waals surface area contributed by atoms with Gasteiger partial charge < -0.3 is 0 Å². The van der Waals surface area contributed by atoms with Crippen molar-refractivity contribution in [2.45, 2.75) is 75.5 Å². The number of hydrogen-bond acceptors (Lipinski definition) is 3. The maximum atomic E-state index is 13.2. The van der Waals surface area contributed by atoms with Crippen molar-refractivity contribution in [3.8, 4) is 0 Å². The lowest BCUT2D eigenvalue weighted by molar-refractivity contribution is -0.141. The second-order valence-corrected chi connectivity index (χ2v) is 10.2. The van der Waals surface area contributed by atoms with Crippen LogP contribution in [0.2, 0.25) is 0 Å². The molecule has 4 fully saturated rings. The zero-order valence-electron chi connectivity index (χ0n) is 15.7. The summed E-state index contributed by atoms with van der Waals surface area (Å²) in [6, 6.07) is 2.16. The van der Waals surface area contributed by atoms with Gasteiger partial charge >= 0.3 is 6.18 Å². The van der Waals surface area contributed by atoms with Gasteiger partial charge in [0.1, 0.15) is 0 Å². The Morgan fingerprint density at radius 2 is 1.78 bits per heavy atom. The molecule has 7 heteroatoms. The van der Waals surface area contributed by atoms with Gasteiger partial charge in [-0.15, -0.1) is 0 Å². The van der Waals surface area contributed by atoms with Gasteiger partial charge in [-0.05, 0) is 64.0 Å². The van der Waals surface area contributed by atoms with Crippen LogP contribution in [0.1, 0.15) is 74.7 Å². The van der Waals surface area contributed by atoms with E-state index in [9.17, 15) is 13.2 Å². The lowest BCUT2D eigenvalue weighted by Gasteiger charge is -2.40. The minimum atomic E-state index is -4.34. The smallest absolute Gasteiger partial charge is 0.300 e. The molecule has 0 N–H and O–H groups in total. The van der Waals surface area contributed by atoms with Crippen LogP contribution in [0, 0.1) is 5.41 Å². The number of hydrogen-bond donors (Lipinski definition) is 0. The van der Waals surface area contributed by atoms with Crippen LogP contribution >= 0.6 is 11.8 Å². The summed E-state index contributed by atoms with van der Waals surface area (Å²) in [5, 5.41) is 3.99. The minimum absolute atomic E-state index is 0.184. The van der Waals surface area contributed by atoms with Gasteiger partial charge in [-0.1, -0.05) is 0 Å². The van der Waals surface area contributed by atoms with Gasteiger partial charge in [-0.25, -0.2) is 0 Å². The SMILES string of the molecule is FC(F)(F)c1cc(C2CCC(N3CCC4(CSC4)C3)CC2)n(C2CCC2)n1. The molecule has 2 aliphatic heterocycles. The molecular formula is C20H28F3N3S. The minimum Gasteiger partial charge on any atom is -0.300 e. The summed E-state index contributed by atoms with van der Waals surface area (Å²) in [7, 11) is 0. The van der Waals surface area contributed by atoms with Gasteiger partial charge in [-0.2, -0.15) is 30.0 Å². The van der Waals surface area contributed by atoms with Crippen LogP contribution in [-0.2, 0) is 6.18 Å². The molecule has 3 nitrogen and oxygen atoms in total. The Balaban J connectivity index is 1.27. The highest BCUT2D eigenvalue weighted by molar-refractivity contribution is 8.00. The van der Waals surface area contributed by atoms with Gasteiger partial charge in [0.2, 0.25) is 0 Å². The van der Waals surface area contributed by atoms with Gasteiger partial charge in [-0.3, -0.25) is 9.58 Å². The first-order chi connectivity index (χ1) is 12.9. The van der Waals surface area contributed by atoms with E-state index in [0.29, 0.717) is 11.5 Å². The molecule has 0 bridgehead atoms. The van der Waals surface area contributed by atoms with Crippen molar-refractivity contribution in [3.05, 3.63) is 17.5 Å². The highest BCUT2D eigenvalue weighted by atomic mass is 32.2. The predicted molar refractivity (Wildman–Crippen MR) is 101 cm³/mol. The van der Waals surface area contributed by atoms with Gasteiger partial charge in [0.05, 0.1) is 6.04 Å². The summed E-state index contributed by atoms with van der Waals surface area (Å²) in [6.07, 6.45) is 4.26. The monoisotopic (exact) mass is 399 g/mol. The lowest BCUT2D eigenvalue weighted by Crippen LogP contribution is -2.42. The van der Waals surface area contributed by atoms with E-state index in [4.69, 9.17) is 0 Å². The van der Waals surface area contributed by atoms with Crippen molar-refractivity contribution in [3.63, 3.8) is 0 Å². The highest BCUT2D eigenvalue weighted by Crippen LogP contribution is 2.47. The average Bonchev–Trinajstić information content (AvgIpc) is 3.18. The molecule has 0 amide bonds. The second-order valence-electron chi connectivity index (χ2n) is 9.20. The number of nitrogens with zero attached hydrogens (tertiary/aromatic N) is 3. The maximum Gasteiger partial charge on any atom is 0.435 e. The molecule has 4 aliphatic rings. The molecule has 1 spiro atoms. The first kappa shape index (κ1) is 18.3. The van der Waals surface area contributed by atoms with Crippen LogP contribution in [0.15, 0.2) is 6.07 Å². The van der Waals surface area contributed by atoms with Crippen molar-refractivity contribution < 1.29 is 13.2 Å². The summed E-state index contributed by atoms with van der Waals surface area (Å²) in [6.45, 7) is 2.46. The molecule has 27 heavy (non-hydrogen) atoms. The summed E-state index contributed by atoms with van der Waals surface area (Å²) >= 11 is 2.07. The van der Waals surface area contributed by atoms with Gasteiger partial charge in [0, 0.05) is 41.1 Å². The van der Waals surface area contributed by atoms with E-state index in [-0.39, 0.29) is 12.0 Å². The lowest BCUT2D eigenvalue weighted by atomic mass is 9.82. The first-order valence-electron chi connectivity index (χ1n) is 10.4. The molecule has 0 radical (unpaired) electrons. The van der Waals surface area contributed by atoms with Crippen LogP contribution in [0.25, 0.3) is 0 Å². The molecule has 2 aliphatic carbocycles. The quantitative estimate of drug-likeness (QED) is 0.706. The van der Waals surface area contributed by atoms with Crippen LogP contribution in [0.3, 0.4) is 0 Å². The third-order valence-corrected chi connectivity index (χ3v) is 9.02. The third kappa shape index (κ3) is 3.33. The van der Waals surface area contributed by atoms with E-state index in [1.54, 1.807) is 4.68 Å². The van der Waals surface area contributed by atoms with E-state index in [1.807, 2.05) is 0 Å². The third-order valence-electron chi connectivity index (χ3n) is 7.39. The highest BCUT2D eigenvalue weighted by Gasteiger charge is 2.46. The van der Waals surface area contributed by atoms with Crippen LogP contribution in [0.4, 0.5) is 13.2 Å². The van der Waals surface area contributed by atoms with Crippen molar-refractivity contribution in [2.24, 2.45) is 5.41 Å². The van der Waals surface area contributed by atoms with Gasteiger partial charge in [0.15, 0.2) is 5.69 Å². The number of rotatable bonds is 3. The van der Waals surface area contributed by atoms with E-state index in [2.05, 4.69) is 21.8 Å². The Labute approximate surface area is 163 Å². The summed E-state index contributed by atoms with van der Waals surface area (Å²) in [5.41, 5.74) is 0.737. The molecule has 3 heterocycles. The summed E-state index contributed by atoms with van der Waals surface area (Å²) in [4.78, 5) is 2.68. The fourth-order valence-corrected chi connectivity index (χ4v) is 6.67. The predicted octanol–water partition coefficient (Wildman–Crippen LogP) is 5.09. The normalized spacial score (nSPS) is 31.8. The molecule has 5 rings (SSSR count). The van der Waals surface area contributed by atoms with E-state index >= 15 is 0 Å². The van der Waals surface area contributed by atoms with Crippen LogP contribution < -0.4 is 0 Å². The molecule has 2 saturated carbocycles. The largest absolute Gasteiger partial charge is 0.435 e. The van der Waals surface area contributed by atoms with Crippen molar-refractivity contribution in [1.82, 2.24) is 14.7 Å². The first-order valence-corrected chi connectivity index (χ1v) is 11.6. The number of thioether (sulfide) groups is 1. The number of halogens is 3. The Hall–Kier alpha value is -0.690.